The normalized spacial score (nSPS) is 16.5. The topological polar surface area (TPSA) is 101 Å². The molecule has 1 saturated heterocycles. The highest BCUT2D eigenvalue weighted by molar-refractivity contribution is 7.89. The van der Waals surface area contributed by atoms with Gasteiger partial charge in [-0.25, -0.2) is 18.1 Å². The average molecular weight is 477 g/mol. The van der Waals surface area contributed by atoms with Gasteiger partial charge in [0.2, 0.25) is 15.9 Å². The highest BCUT2D eigenvalue weighted by Crippen LogP contribution is 2.30. The van der Waals surface area contributed by atoms with E-state index in [1.807, 2.05) is 0 Å². The Morgan fingerprint density at radius 1 is 1.19 bits per heavy atom. The molecule has 8 nitrogen and oxygen atoms in total. The van der Waals surface area contributed by atoms with Gasteiger partial charge in [-0.2, -0.15) is 4.31 Å². The van der Waals surface area contributed by atoms with Gasteiger partial charge in [-0.05, 0) is 55.5 Å². The van der Waals surface area contributed by atoms with Crippen molar-refractivity contribution in [1.29, 1.82) is 0 Å². The minimum atomic E-state index is -4.11. The summed E-state index contributed by atoms with van der Waals surface area (Å²) >= 11 is 5.85. The summed E-state index contributed by atoms with van der Waals surface area (Å²) < 4.78 is 32.3. The molecule has 3 rings (SSSR count). The minimum Gasteiger partial charge on any atom is -0.462 e. The molecule has 2 aromatic carbocycles. The van der Waals surface area contributed by atoms with Gasteiger partial charge in [-0.3, -0.25) is 9.59 Å². The lowest BCUT2D eigenvalue weighted by Crippen LogP contribution is -2.45. The van der Waals surface area contributed by atoms with Crippen LogP contribution in [0, 0.1) is 0 Å². The molecule has 0 aromatic heterocycles. The molecular weight excluding hydrogens is 456 g/mol. The van der Waals surface area contributed by atoms with E-state index in [9.17, 15) is 22.8 Å². The van der Waals surface area contributed by atoms with Crippen molar-refractivity contribution in [3.8, 4) is 0 Å². The number of sulfonamides is 1. The molecule has 0 aliphatic carbocycles. The fraction of sp³-hybridized carbons (Fsp3) is 0.227. The zero-order chi connectivity index (χ0) is 23.5. The predicted molar refractivity (Wildman–Crippen MR) is 119 cm³/mol. The van der Waals surface area contributed by atoms with Crippen LogP contribution in [0.15, 0.2) is 66.1 Å². The second-order valence-corrected chi connectivity index (χ2v) is 9.20. The Bertz CT molecular complexity index is 1150. The molecule has 1 fully saturated rings. The van der Waals surface area contributed by atoms with E-state index in [4.69, 9.17) is 16.3 Å². The van der Waals surface area contributed by atoms with E-state index >= 15 is 0 Å². The van der Waals surface area contributed by atoms with Gasteiger partial charge in [-0.1, -0.05) is 17.7 Å². The molecular formula is C22H21ClN2O6S. The van der Waals surface area contributed by atoms with Gasteiger partial charge in [0, 0.05) is 11.6 Å². The van der Waals surface area contributed by atoms with Gasteiger partial charge < -0.3 is 4.74 Å². The molecule has 32 heavy (non-hydrogen) atoms. The number of amides is 2. The number of esters is 1. The SMILES string of the molecule is C=CCN(C1CC(=O)N(c2ccc(C(=O)OCC)cc2)C1=O)S(=O)(=O)c1ccc(Cl)cc1. The monoisotopic (exact) mass is 476 g/mol. The number of ether oxygens (including phenoxy) is 1. The van der Waals surface area contributed by atoms with E-state index in [0.717, 1.165) is 9.21 Å². The number of nitrogens with zero attached hydrogens (tertiary/aromatic N) is 2. The number of imide groups is 1. The number of hydrogen-bond acceptors (Lipinski definition) is 6. The summed E-state index contributed by atoms with van der Waals surface area (Å²) in [7, 11) is -4.11. The van der Waals surface area contributed by atoms with E-state index in [2.05, 4.69) is 6.58 Å². The maximum absolute atomic E-state index is 13.2. The summed E-state index contributed by atoms with van der Waals surface area (Å²) in [6.07, 6.45) is 1.03. The molecule has 0 spiro atoms. The van der Waals surface area contributed by atoms with Gasteiger partial charge in [0.15, 0.2) is 0 Å². The Morgan fingerprint density at radius 2 is 1.81 bits per heavy atom. The van der Waals surface area contributed by atoms with Crippen molar-refractivity contribution in [3.63, 3.8) is 0 Å². The Kier molecular flexibility index (Phi) is 7.12. The number of benzene rings is 2. The molecule has 1 heterocycles. The van der Waals surface area contributed by atoms with Gasteiger partial charge in [0.05, 0.1) is 29.2 Å². The van der Waals surface area contributed by atoms with Crippen molar-refractivity contribution in [3.05, 3.63) is 71.8 Å². The molecule has 1 atom stereocenters. The van der Waals surface area contributed by atoms with Crippen LogP contribution in [0.3, 0.4) is 0 Å². The van der Waals surface area contributed by atoms with Crippen molar-refractivity contribution < 1.29 is 27.5 Å². The van der Waals surface area contributed by atoms with Crippen LogP contribution in [0.2, 0.25) is 5.02 Å². The number of anilines is 1. The van der Waals surface area contributed by atoms with E-state index in [1.165, 1.54) is 54.6 Å². The van der Waals surface area contributed by atoms with Crippen LogP contribution in [0.25, 0.3) is 0 Å². The van der Waals surface area contributed by atoms with Crippen LogP contribution in [-0.4, -0.2) is 49.7 Å². The van der Waals surface area contributed by atoms with Gasteiger partial charge >= 0.3 is 5.97 Å². The fourth-order valence-corrected chi connectivity index (χ4v) is 5.01. The third-order valence-corrected chi connectivity index (χ3v) is 6.98. The standard InChI is InChI=1S/C22H21ClN2O6S/c1-3-13-24(32(29,30)18-11-7-16(23)8-12-18)19-14-20(26)25(21(19)27)17-9-5-15(6-10-17)22(28)31-4-2/h3,5-12,19H,1,4,13-14H2,2H3. The molecule has 2 amide bonds. The summed E-state index contributed by atoms with van der Waals surface area (Å²) in [6.45, 7) is 5.31. The van der Waals surface area contributed by atoms with Crippen molar-refractivity contribution in [2.45, 2.75) is 24.3 Å². The quantitative estimate of drug-likeness (QED) is 0.330. The number of carbonyl (C=O) groups excluding carboxylic acids is 3. The Hall–Kier alpha value is -3.01. The molecule has 1 aliphatic heterocycles. The molecule has 0 N–H and O–H groups in total. The number of rotatable bonds is 8. The summed E-state index contributed by atoms with van der Waals surface area (Å²) in [4.78, 5) is 38.5. The summed E-state index contributed by atoms with van der Waals surface area (Å²) in [5, 5.41) is 0.365. The highest BCUT2D eigenvalue weighted by Gasteiger charge is 2.46. The van der Waals surface area contributed by atoms with Gasteiger partial charge in [0.25, 0.3) is 5.91 Å². The number of carbonyl (C=O) groups is 3. The first-order valence-corrected chi connectivity index (χ1v) is 11.5. The lowest BCUT2D eigenvalue weighted by atomic mass is 10.2. The third-order valence-electron chi connectivity index (χ3n) is 4.84. The van der Waals surface area contributed by atoms with Gasteiger partial charge in [-0.15, -0.1) is 6.58 Å². The molecule has 1 aliphatic rings. The molecule has 168 valence electrons. The Balaban J connectivity index is 1.91. The second kappa shape index (κ2) is 9.64. The smallest absolute Gasteiger partial charge is 0.338 e. The van der Waals surface area contributed by atoms with Crippen molar-refractivity contribution in [2.24, 2.45) is 0 Å². The molecule has 10 heteroatoms. The zero-order valence-corrected chi connectivity index (χ0v) is 18.8. The number of hydrogen-bond donors (Lipinski definition) is 0. The first kappa shape index (κ1) is 23.6. The lowest BCUT2D eigenvalue weighted by Gasteiger charge is -2.25. The maximum atomic E-state index is 13.2. The van der Waals surface area contributed by atoms with Crippen molar-refractivity contribution in [2.75, 3.05) is 18.1 Å². The van der Waals surface area contributed by atoms with Gasteiger partial charge in [0.1, 0.15) is 6.04 Å². The molecule has 1 unspecified atom stereocenters. The first-order chi connectivity index (χ1) is 15.2. The van der Waals surface area contributed by atoms with Crippen LogP contribution in [0.1, 0.15) is 23.7 Å². The summed E-state index contributed by atoms with van der Waals surface area (Å²) in [6, 6.07) is 10.1. The average Bonchev–Trinajstić information content (AvgIpc) is 3.06. The third kappa shape index (κ3) is 4.59. The summed E-state index contributed by atoms with van der Waals surface area (Å²) in [5.74, 6) is -1.76. The van der Waals surface area contributed by atoms with Crippen molar-refractivity contribution >= 4 is 45.1 Å². The summed E-state index contributed by atoms with van der Waals surface area (Å²) in [5.41, 5.74) is 0.503. The fourth-order valence-electron chi connectivity index (χ4n) is 3.34. The van der Waals surface area contributed by atoms with Crippen LogP contribution in [0.5, 0.6) is 0 Å². The molecule has 0 radical (unpaired) electrons. The van der Waals surface area contributed by atoms with Crippen LogP contribution in [0.4, 0.5) is 5.69 Å². The van der Waals surface area contributed by atoms with E-state index in [-0.39, 0.29) is 35.7 Å². The predicted octanol–water partition coefficient (Wildman–Crippen LogP) is 3.03. The van der Waals surface area contributed by atoms with Crippen LogP contribution in [-0.2, 0) is 24.3 Å². The number of halogens is 1. The van der Waals surface area contributed by atoms with E-state index in [1.54, 1.807) is 6.92 Å². The van der Waals surface area contributed by atoms with Crippen LogP contribution < -0.4 is 4.90 Å². The maximum Gasteiger partial charge on any atom is 0.338 e. The first-order valence-electron chi connectivity index (χ1n) is 9.73. The largest absolute Gasteiger partial charge is 0.462 e. The zero-order valence-electron chi connectivity index (χ0n) is 17.2. The lowest BCUT2D eigenvalue weighted by molar-refractivity contribution is -0.122. The highest BCUT2D eigenvalue weighted by atomic mass is 35.5. The second-order valence-electron chi connectivity index (χ2n) is 6.87. The molecule has 0 saturated carbocycles. The van der Waals surface area contributed by atoms with Crippen molar-refractivity contribution in [1.82, 2.24) is 4.31 Å². The Labute approximate surface area is 191 Å². The van der Waals surface area contributed by atoms with Crippen LogP contribution >= 0.6 is 11.6 Å². The van der Waals surface area contributed by atoms with E-state index in [0.29, 0.717) is 5.02 Å². The molecule has 2 aromatic rings. The molecule has 0 bridgehead atoms. The Morgan fingerprint density at radius 3 is 2.38 bits per heavy atom. The van der Waals surface area contributed by atoms with E-state index < -0.39 is 33.8 Å². The minimum absolute atomic E-state index is 0.0544.